The molecule has 0 unspecified atom stereocenters. The van der Waals surface area contributed by atoms with Crippen LogP contribution in [-0.4, -0.2) is 57.4 Å². The van der Waals surface area contributed by atoms with Crippen LogP contribution in [0.25, 0.3) is 6.08 Å². The molecule has 2 aliphatic heterocycles. The molecule has 1 N–H and O–H groups in total. The molecule has 10 heteroatoms. The van der Waals surface area contributed by atoms with Crippen molar-refractivity contribution in [3.63, 3.8) is 0 Å². The minimum atomic E-state index is -0.470. The number of amides is 4. The van der Waals surface area contributed by atoms with E-state index in [4.69, 9.17) is 4.42 Å². The zero-order chi connectivity index (χ0) is 21.8. The Morgan fingerprint density at radius 2 is 2.16 bits per heavy atom. The Hall–Kier alpha value is -3.40. The van der Waals surface area contributed by atoms with Crippen molar-refractivity contribution in [2.75, 3.05) is 19.6 Å². The lowest BCUT2D eigenvalue weighted by atomic mass is 10.1. The molecule has 4 heterocycles. The number of carbonyl (C=O) groups is 4. The molecule has 2 aromatic heterocycles. The molecule has 4 amide bonds. The Bertz CT molecular complexity index is 1020. The lowest BCUT2D eigenvalue weighted by molar-refractivity contribution is -0.129. The fourth-order valence-corrected chi connectivity index (χ4v) is 4.30. The fraction of sp³-hybridized carbons (Fsp3) is 0.286. The van der Waals surface area contributed by atoms with E-state index in [2.05, 4.69) is 10.3 Å². The molecular weight excluding hydrogens is 420 g/mol. The molecule has 4 rings (SSSR count). The molecule has 160 valence electrons. The average Bonchev–Trinajstić information content (AvgIpc) is 3.46. The van der Waals surface area contributed by atoms with Crippen molar-refractivity contribution in [3.05, 3.63) is 59.2 Å². The van der Waals surface area contributed by atoms with Crippen molar-refractivity contribution in [3.8, 4) is 0 Å². The molecule has 9 nitrogen and oxygen atoms in total. The van der Waals surface area contributed by atoms with Gasteiger partial charge in [-0.1, -0.05) is 6.07 Å². The van der Waals surface area contributed by atoms with Crippen LogP contribution in [0.2, 0.25) is 0 Å². The monoisotopic (exact) mass is 440 g/mol. The molecule has 1 atom stereocenters. The van der Waals surface area contributed by atoms with Gasteiger partial charge in [0.2, 0.25) is 11.8 Å². The van der Waals surface area contributed by atoms with Gasteiger partial charge in [0.1, 0.15) is 5.76 Å². The Labute approximate surface area is 182 Å². The number of thioether (sulfide) groups is 1. The van der Waals surface area contributed by atoms with Gasteiger partial charge < -0.3 is 14.6 Å². The summed E-state index contributed by atoms with van der Waals surface area (Å²) in [7, 11) is 0. The molecule has 2 aliphatic rings. The van der Waals surface area contributed by atoms with Crippen LogP contribution in [0.15, 0.2) is 52.2 Å². The summed E-state index contributed by atoms with van der Waals surface area (Å²) < 4.78 is 5.25. The van der Waals surface area contributed by atoms with Gasteiger partial charge in [-0.05, 0) is 41.6 Å². The van der Waals surface area contributed by atoms with E-state index in [0.717, 1.165) is 22.2 Å². The van der Waals surface area contributed by atoms with Gasteiger partial charge in [-0.25, -0.2) is 0 Å². The van der Waals surface area contributed by atoms with E-state index in [0.29, 0.717) is 23.8 Å². The van der Waals surface area contributed by atoms with E-state index in [1.165, 1.54) is 6.26 Å². The van der Waals surface area contributed by atoms with Crippen LogP contribution in [-0.2, 0) is 20.9 Å². The first kappa shape index (κ1) is 20.9. The summed E-state index contributed by atoms with van der Waals surface area (Å²) >= 11 is 0.861. The third-order valence-electron chi connectivity index (χ3n) is 5.00. The molecule has 0 bridgehead atoms. The van der Waals surface area contributed by atoms with Gasteiger partial charge in [-0.3, -0.25) is 29.1 Å². The minimum Gasteiger partial charge on any atom is -0.467 e. The number of furan rings is 1. The maximum Gasteiger partial charge on any atom is 0.293 e. The number of rotatable bonds is 7. The molecular formula is C21H20N4O5S. The summed E-state index contributed by atoms with van der Waals surface area (Å²) in [5.41, 5.74) is 0.728. The van der Waals surface area contributed by atoms with Crippen molar-refractivity contribution < 1.29 is 23.6 Å². The van der Waals surface area contributed by atoms with Gasteiger partial charge >= 0.3 is 0 Å². The topological polar surface area (TPSA) is 113 Å². The van der Waals surface area contributed by atoms with E-state index in [1.54, 1.807) is 47.6 Å². The van der Waals surface area contributed by atoms with Crippen LogP contribution < -0.4 is 5.32 Å². The van der Waals surface area contributed by atoms with Crippen molar-refractivity contribution in [2.45, 2.75) is 13.0 Å². The smallest absolute Gasteiger partial charge is 0.293 e. The van der Waals surface area contributed by atoms with E-state index < -0.39 is 11.8 Å². The third kappa shape index (κ3) is 4.85. The quantitative estimate of drug-likeness (QED) is 0.654. The van der Waals surface area contributed by atoms with Crippen LogP contribution >= 0.6 is 11.8 Å². The zero-order valence-electron chi connectivity index (χ0n) is 16.5. The Kier molecular flexibility index (Phi) is 6.17. The highest BCUT2D eigenvalue weighted by Crippen LogP contribution is 2.31. The van der Waals surface area contributed by atoms with Crippen LogP contribution in [0, 0.1) is 5.92 Å². The molecule has 0 radical (unpaired) electrons. The lowest BCUT2D eigenvalue weighted by Gasteiger charge is -2.16. The first-order valence-electron chi connectivity index (χ1n) is 9.74. The number of nitrogens with zero attached hydrogens (tertiary/aromatic N) is 3. The Morgan fingerprint density at radius 3 is 2.90 bits per heavy atom. The molecule has 0 aliphatic carbocycles. The van der Waals surface area contributed by atoms with Crippen molar-refractivity contribution in [1.29, 1.82) is 0 Å². The largest absolute Gasteiger partial charge is 0.467 e. The summed E-state index contributed by atoms with van der Waals surface area (Å²) in [6.07, 6.45) is 6.51. The molecule has 0 aromatic carbocycles. The maximum atomic E-state index is 12.5. The predicted octanol–water partition coefficient (Wildman–Crippen LogP) is 1.88. The van der Waals surface area contributed by atoms with Gasteiger partial charge in [-0.15, -0.1) is 0 Å². The van der Waals surface area contributed by atoms with E-state index >= 15 is 0 Å². The number of carbonyl (C=O) groups excluding carboxylic acids is 4. The van der Waals surface area contributed by atoms with E-state index in [-0.39, 0.29) is 36.6 Å². The first-order valence-corrected chi connectivity index (χ1v) is 10.6. The number of pyridine rings is 1. The standard InChI is InChI=1S/C21H20N4O5S/c26-18-10-15(12-24(18)13-16-4-2-8-30-16)19(27)23-6-7-25-20(28)17(31-21(25)29)9-14-3-1-5-22-11-14/h1-5,8-9,11,15H,6-7,10,12-13H2,(H,23,27)/b17-9-/t15-/m0/s1. The Morgan fingerprint density at radius 1 is 1.29 bits per heavy atom. The van der Waals surface area contributed by atoms with Crippen molar-refractivity contribution in [1.82, 2.24) is 20.1 Å². The highest BCUT2D eigenvalue weighted by molar-refractivity contribution is 8.18. The number of imide groups is 1. The third-order valence-corrected chi connectivity index (χ3v) is 5.91. The second-order valence-corrected chi connectivity index (χ2v) is 8.16. The SMILES string of the molecule is O=C(NCCN1C(=O)S/C(=C\c2cccnc2)C1=O)[C@H]1CC(=O)N(Cc2ccco2)C1. The van der Waals surface area contributed by atoms with Gasteiger partial charge in [-0.2, -0.15) is 0 Å². The van der Waals surface area contributed by atoms with Crippen LogP contribution in [0.1, 0.15) is 17.7 Å². The summed E-state index contributed by atoms with van der Waals surface area (Å²) in [4.78, 5) is 56.3. The lowest BCUT2D eigenvalue weighted by Crippen LogP contribution is -2.40. The number of aromatic nitrogens is 1. The number of hydrogen-bond donors (Lipinski definition) is 1. The fourth-order valence-electron chi connectivity index (χ4n) is 3.43. The summed E-state index contributed by atoms with van der Waals surface area (Å²) in [5, 5.41) is 2.35. The highest BCUT2D eigenvalue weighted by atomic mass is 32.2. The summed E-state index contributed by atoms with van der Waals surface area (Å²) in [5.74, 6) is -0.582. The van der Waals surface area contributed by atoms with Gasteiger partial charge in [0.05, 0.1) is 23.6 Å². The molecule has 2 aromatic rings. The second kappa shape index (κ2) is 9.17. The van der Waals surface area contributed by atoms with E-state index in [1.807, 2.05) is 0 Å². The van der Waals surface area contributed by atoms with Crippen LogP contribution in [0.4, 0.5) is 4.79 Å². The number of nitrogens with one attached hydrogen (secondary N) is 1. The number of hydrogen-bond acceptors (Lipinski definition) is 7. The van der Waals surface area contributed by atoms with Gasteiger partial charge in [0.25, 0.3) is 11.1 Å². The van der Waals surface area contributed by atoms with Crippen LogP contribution in [0.3, 0.4) is 0 Å². The predicted molar refractivity (Wildman–Crippen MR) is 112 cm³/mol. The first-order chi connectivity index (χ1) is 15.0. The average molecular weight is 440 g/mol. The molecule has 0 spiro atoms. The minimum absolute atomic E-state index is 0.0670. The highest BCUT2D eigenvalue weighted by Gasteiger charge is 2.36. The maximum absolute atomic E-state index is 12.5. The molecule has 0 saturated carbocycles. The summed E-state index contributed by atoms with van der Waals surface area (Å²) in [6, 6.07) is 7.06. The molecule has 2 fully saturated rings. The van der Waals surface area contributed by atoms with Crippen molar-refractivity contribution in [2.24, 2.45) is 5.92 Å². The molecule has 31 heavy (non-hydrogen) atoms. The van der Waals surface area contributed by atoms with E-state index in [9.17, 15) is 19.2 Å². The second-order valence-electron chi connectivity index (χ2n) is 7.17. The van der Waals surface area contributed by atoms with Gasteiger partial charge in [0, 0.05) is 38.4 Å². The zero-order valence-corrected chi connectivity index (χ0v) is 17.3. The van der Waals surface area contributed by atoms with Gasteiger partial charge in [0.15, 0.2) is 0 Å². The summed E-state index contributed by atoms with van der Waals surface area (Å²) in [6.45, 7) is 0.827. The van der Waals surface area contributed by atoms with Crippen LogP contribution in [0.5, 0.6) is 0 Å². The Balaban J connectivity index is 1.27. The number of likely N-dealkylation sites (tertiary alicyclic amines) is 1. The molecule has 2 saturated heterocycles. The normalized spacial score (nSPS) is 20.2. The van der Waals surface area contributed by atoms with Crippen molar-refractivity contribution >= 4 is 40.8 Å².